The van der Waals surface area contributed by atoms with E-state index in [1.807, 2.05) is 13.8 Å². The summed E-state index contributed by atoms with van der Waals surface area (Å²) in [5, 5.41) is -0.126. The summed E-state index contributed by atoms with van der Waals surface area (Å²) >= 11 is 11.9. The Hall–Kier alpha value is -0.250. The summed E-state index contributed by atoms with van der Waals surface area (Å²) in [6, 6.07) is 4.92. The molecule has 0 aliphatic carbocycles. The van der Waals surface area contributed by atoms with Gasteiger partial charge in [-0.3, -0.25) is 0 Å². The molecule has 0 unspecified atom stereocenters. The lowest BCUT2D eigenvalue weighted by molar-refractivity contribution is 0.537. The van der Waals surface area contributed by atoms with Crippen molar-refractivity contribution in [3.05, 3.63) is 33.8 Å². The van der Waals surface area contributed by atoms with Gasteiger partial charge in [-0.2, -0.15) is 0 Å². The summed E-state index contributed by atoms with van der Waals surface area (Å²) in [5.74, 6) is 0.0727. The van der Waals surface area contributed by atoms with Gasteiger partial charge in [-0.1, -0.05) is 43.1 Å². The topological polar surface area (TPSA) is 34.1 Å². The maximum absolute atomic E-state index is 12.4. The number of sulfone groups is 1. The van der Waals surface area contributed by atoms with Crippen molar-refractivity contribution in [2.45, 2.75) is 38.2 Å². The molecule has 2 atom stereocenters. The zero-order valence-electron chi connectivity index (χ0n) is 10.9. The summed E-state index contributed by atoms with van der Waals surface area (Å²) in [6.07, 6.45) is 0. The Kier molecular flexibility index (Phi) is 5.10. The summed E-state index contributed by atoms with van der Waals surface area (Å²) < 4.78 is 24.8. The second-order valence-electron chi connectivity index (χ2n) is 4.85. The highest BCUT2D eigenvalue weighted by atomic mass is 35.5. The van der Waals surface area contributed by atoms with Crippen molar-refractivity contribution in [2.24, 2.45) is 5.92 Å². The van der Waals surface area contributed by atoms with E-state index in [2.05, 4.69) is 0 Å². The second-order valence-corrected chi connectivity index (χ2v) is 8.32. The van der Waals surface area contributed by atoms with Crippen LogP contribution >= 0.6 is 23.2 Å². The molecule has 0 radical (unpaired) electrons. The monoisotopic (exact) mass is 308 g/mol. The Labute approximate surface area is 119 Å². The molecule has 1 aromatic carbocycles. The molecule has 5 heteroatoms. The largest absolute Gasteiger partial charge is 0.228 e. The zero-order valence-corrected chi connectivity index (χ0v) is 13.3. The van der Waals surface area contributed by atoms with Gasteiger partial charge in [0.05, 0.1) is 10.5 Å². The van der Waals surface area contributed by atoms with Crippen LogP contribution < -0.4 is 0 Å². The van der Waals surface area contributed by atoms with Crippen molar-refractivity contribution in [2.75, 3.05) is 0 Å². The first kappa shape index (κ1) is 15.8. The van der Waals surface area contributed by atoms with E-state index >= 15 is 0 Å². The third-order valence-corrected chi connectivity index (χ3v) is 6.73. The molecular formula is C13H18Cl2O2S. The van der Waals surface area contributed by atoms with Crippen molar-refractivity contribution in [3.8, 4) is 0 Å². The van der Waals surface area contributed by atoms with Crippen LogP contribution in [0.2, 0.25) is 10.0 Å². The molecular weight excluding hydrogens is 291 g/mol. The van der Waals surface area contributed by atoms with Crippen molar-refractivity contribution in [1.82, 2.24) is 0 Å². The average Bonchev–Trinajstić information content (AvgIpc) is 2.27. The van der Waals surface area contributed by atoms with Gasteiger partial charge in [0.2, 0.25) is 0 Å². The molecule has 0 heterocycles. The van der Waals surface area contributed by atoms with Crippen LogP contribution in [0.4, 0.5) is 0 Å². The Morgan fingerprint density at radius 2 is 1.61 bits per heavy atom. The molecule has 102 valence electrons. The van der Waals surface area contributed by atoms with Crippen molar-refractivity contribution < 1.29 is 8.42 Å². The van der Waals surface area contributed by atoms with Crippen molar-refractivity contribution >= 4 is 33.0 Å². The Morgan fingerprint density at radius 3 is 2.06 bits per heavy atom. The van der Waals surface area contributed by atoms with Crippen LogP contribution in [0.15, 0.2) is 18.2 Å². The fourth-order valence-corrected chi connectivity index (χ4v) is 4.31. The normalized spacial score (nSPS) is 15.7. The molecule has 0 bridgehead atoms. The molecule has 0 N–H and O–H groups in total. The van der Waals surface area contributed by atoms with Crippen LogP contribution in [-0.2, 0) is 9.84 Å². The molecule has 1 rings (SSSR count). The van der Waals surface area contributed by atoms with Gasteiger partial charge < -0.3 is 0 Å². The van der Waals surface area contributed by atoms with Crippen LogP contribution in [0.25, 0.3) is 0 Å². The van der Waals surface area contributed by atoms with Gasteiger partial charge in [-0.15, -0.1) is 0 Å². The highest BCUT2D eigenvalue weighted by Gasteiger charge is 2.31. The van der Waals surface area contributed by atoms with E-state index in [-0.39, 0.29) is 5.92 Å². The molecule has 0 amide bonds. The van der Waals surface area contributed by atoms with Crippen LogP contribution in [0.5, 0.6) is 0 Å². The molecule has 0 aromatic heterocycles. The molecule has 0 saturated heterocycles. The number of halogens is 2. The van der Waals surface area contributed by atoms with Gasteiger partial charge in [0, 0.05) is 10.0 Å². The molecule has 0 fully saturated rings. The lowest BCUT2D eigenvalue weighted by atomic mass is 10.1. The molecule has 0 saturated carbocycles. The summed E-state index contributed by atoms with van der Waals surface area (Å²) in [4.78, 5) is 0. The van der Waals surface area contributed by atoms with Gasteiger partial charge in [0.25, 0.3) is 0 Å². The molecule has 0 aliphatic rings. The fraction of sp³-hybridized carbons (Fsp3) is 0.538. The first-order chi connectivity index (χ1) is 8.17. The Balaban J connectivity index is 3.18. The maximum atomic E-state index is 12.4. The number of benzene rings is 1. The van der Waals surface area contributed by atoms with E-state index in [0.29, 0.717) is 15.6 Å². The minimum atomic E-state index is -3.25. The fourth-order valence-electron chi connectivity index (χ4n) is 1.71. The number of hydrogen-bond acceptors (Lipinski definition) is 2. The van der Waals surface area contributed by atoms with Gasteiger partial charge >= 0.3 is 0 Å². The van der Waals surface area contributed by atoms with E-state index < -0.39 is 20.3 Å². The first-order valence-electron chi connectivity index (χ1n) is 5.85. The van der Waals surface area contributed by atoms with Crippen LogP contribution in [-0.4, -0.2) is 13.7 Å². The number of hydrogen-bond donors (Lipinski definition) is 0. The lowest BCUT2D eigenvalue weighted by Crippen LogP contribution is -2.27. The molecule has 0 spiro atoms. The molecule has 2 nitrogen and oxygen atoms in total. The van der Waals surface area contributed by atoms with Gasteiger partial charge in [0.1, 0.15) is 0 Å². The van der Waals surface area contributed by atoms with E-state index in [0.717, 1.165) is 0 Å². The van der Waals surface area contributed by atoms with E-state index in [1.165, 1.54) is 0 Å². The van der Waals surface area contributed by atoms with Gasteiger partial charge in [-0.25, -0.2) is 8.42 Å². The minimum absolute atomic E-state index is 0.0727. The molecule has 18 heavy (non-hydrogen) atoms. The predicted molar refractivity (Wildman–Crippen MR) is 78.1 cm³/mol. The summed E-state index contributed by atoms with van der Waals surface area (Å²) in [7, 11) is -3.25. The summed E-state index contributed by atoms with van der Waals surface area (Å²) in [5.41, 5.74) is 0.605. The maximum Gasteiger partial charge on any atom is 0.159 e. The molecule has 0 aliphatic heterocycles. The second kappa shape index (κ2) is 5.81. The summed E-state index contributed by atoms with van der Waals surface area (Å²) in [6.45, 7) is 7.21. The quantitative estimate of drug-likeness (QED) is 0.820. The van der Waals surface area contributed by atoms with Gasteiger partial charge in [-0.05, 0) is 37.5 Å². The van der Waals surface area contributed by atoms with Crippen LogP contribution in [0.1, 0.15) is 38.5 Å². The lowest BCUT2D eigenvalue weighted by Gasteiger charge is -2.22. The predicted octanol–water partition coefficient (Wildman–Crippen LogP) is 4.51. The number of rotatable bonds is 4. The smallest absolute Gasteiger partial charge is 0.159 e. The highest BCUT2D eigenvalue weighted by Crippen LogP contribution is 2.34. The van der Waals surface area contributed by atoms with Crippen molar-refractivity contribution in [3.63, 3.8) is 0 Å². The van der Waals surface area contributed by atoms with Crippen molar-refractivity contribution in [1.29, 1.82) is 0 Å². The standard InChI is InChI=1S/C13H18Cl2O2S/c1-8(2)9(3)18(16,17)10(4)12-6-5-11(14)7-13(12)15/h5-10H,1-4H3/t9-,10-/m0/s1. The zero-order chi connectivity index (χ0) is 14.1. The Bertz CT molecular complexity index is 524. The van der Waals surface area contributed by atoms with E-state index in [9.17, 15) is 8.42 Å². The van der Waals surface area contributed by atoms with Gasteiger partial charge in [0.15, 0.2) is 9.84 Å². The molecule has 1 aromatic rings. The third kappa shape index (κ3) is 3.19. The van der Waals surface area contributed by atoms with E-state index in [4.69, 9.17) is 23.2 Å². The first-order valence-corrected chi connectivity index (χ1v) is 8.22. The minimum Gasteiger partial charge on any atom is -0.228 e. The SMILES string of the molecule is CC(C)[C@H](C)S(=O)(=O)[C@@H](C)c1ccc(Cl)cc1Cl. The third-order valence-electron chi connectivity index (χ3n) is 3.35. The van der Waals surface area contributed by atoms with Crippen LogP contribution in [0, 0.1) is 5.92 Å². The van der Waals surface area contributed by atoms with Crippen LogP contribution in [0.3, 0.4) is 0 Å². The average molecular weight is 309 g/mol. The Morgan fingerprint density at radius 1 is 1.06 bits per heavy atom. The highest BCUT2D eigenvalue weighted by molar-refractivity contribution is 7.92. The van der Waals surface area contributed by atoms with E-state index in [1.54, 1.807) is 32.0 Å².